The summed E-state index contributed by atoms with van der Waals surface area (Å²) in [7, 11) is 0. The zero-order valence-corrected chi connectivity index (χ0v) is 23.4. The summed E-state index contributed by atoms with van der Waals surface area (Å²) >= 11 is 0. The van der Waals surface area contributed by atoms with E-state index >= 15 is 4.39 Å². The molecule has 0 saturated heterocycles. The van der Waals surface area contributed by atoms with Gasteiger partial charge in [0, 0.05) is 23.2 Å². The second kappa shape index (κ2) is 11.1. The molecule has 216 valence electrons. The van der Waals surface area contributed by atoms with Crippen molar-refractivity contribution in [3.05, 3.63) is 23.8 Å². The fourth-order valence-electron chi connectivity index (χ4n) is 8.02. The van der Waals surface area contributed by atoms with Gasteiger partial charge in [0.2, 0.25) is 5.78 Å². The highest BCUT2D eigenvalue weighted by Gasteiger charge is 2.71. The van der Waals surface area contributed by atoms with Crippen molar-refractivity contribution in [3.63, 3.8) is 0 Å². The summed E-state index contributed by atoms with van der Waals surface area (Å²) in [5, 5.41) is 11.6. The zero-order chi connectivity index (χ0) is 28.6. The number of carbonyl (C=O) groups is 4. The average Bonchev–Trinajstić information content (AvgIpc) is 3.17. The molecule has 0 bridgehead atoms. The molecule has 39 heavy (non-hydrogen) atoms. The first kappa shape index (κ1) is 29.4. The molecule has 0 aromatic heterocycles. The van der Waals surface area contributed by atoms with Crippen LogP contribution in [0, 0.1) is 28.6 Å². The Morgan fingerprint density at radius 1 is 1.15 bits per heavy atom. The Kier molecular flexibility index (Phi) is 8.41. The third-order valence-corrected chi connectivity index (χ3v) is 9.83. The summed E-state index contributed by atoms with van der Waals surface area (Å²) in [6, 6.07) is 0. The first-order chi connectivity index (χ1) is 18.4. The van der Waals surface area contributed by atoms with Crippen LogP contribution in [-0.4, -0.2) is 59.9 Å². The van der Waals surface area contributed by atoms with Crippen molar-refractivity contribution < 1.29 is 42.9 Å². The van der Waals surface area contributed by atoms with Gasteiger partial charge in [0.05, 0.1) is 12.7 Å². The lowest BCUT2D eigenvalue weighted by Crippen LogP contribution is -2.64. The number of aliphatic hydroxyl groups excluding tert-OH is 1. The summed E-state index contributed by atoms with van der Waals surface area (Å²) in [4.78, 5) is 50.9. The maximum atomic E-state index is 15.7. The van der Waals surface area contributed by atoms with Crippen LogP contribution >= 0.6 is 0 Å². The number of aliphatic hydroxyl groups is 1. The van der Waals surface area contributed by atoms with Gasteiger partial charge in [0.1, 0.15) is 6.17 Å². The highest BCUT2D eigenvalue weighted by atomic mass is 19.1. The minimum Gasteiger partial charge on any atom is -0.457 e. The molecule has 0 aliphatic heterocycles. The molecule has 0 amide bonds. The quantitative estimate of drug-likeness (QED) is 0.408. The fourth-order valence-corrected chi connectivity index (χ4v) is 8.02. The lowest BCUT2D eigenvalue weighted by atomic mass is 9.46. The number of alkyl halides is 1. The molecule has 0 spiro atoms. The van der Waals surface area contributed by atoms with Crippen molar-refractivity contribution in [1.82, 2.24) is 0 Å². The summed E-state index contributed by atoms with van der Waals surface area (Å²) in [5.74, 6) is -2.28. The van der Waals surface area contributed by atoms with Crippen LogP contribution in [0.3, 0.4) is 0 Å². The van der Waals surface area contributed by atoms with E-state index in [0.717, 1.165) is 6.42 Å². The maximum absolute atomic E-state index is 15.7. The van der Waals surface area contributed by atoms with E-state index in [0.29, 0.717) is 24.8 Å². The van der Waals surface area contributed by atoms with Crippen LogP contribution in [0.5, 0.6) is 0 Å². The van der Waals surface area contributed by atoms with Crippen molar-refractivity contribution in [2.75, 3.05) is 13.2 Å². The molecule has 1 unspecified atom stereocenters. The lowest BCUT2D eigenvalue weighted by Gasteiger charge is -2.60. The number of ketones is 2. The number of Topliss-reactive ketones (excluding diaryl/α,β-unsaturated/α-hetero) is 1. The molecule has 9 heteroatoms. The van der Waals surface area contributed by atoms with E-state index in [1.54, 1.807) is 6.08 Å². The van der Waals surface area contributed by atoms with Crippen LogP contribution in [0.2, 0.25) is 0 Å². The van der Waals surface area contributed by atoms with Crippen LogP contribution in [-0.2, 0) is 28.6 Å². The van der Waals surface area contributed by atoms with E-state index in [-0.39, 0.29) is 55.8 Å². The molecule has 4 aliphatic rings. The fraction of sp³-hybridized carbons (Fsp3) is 0.733. The highest BCUT2D eigenvalue weighted by molar-refractivity contribution is 6.01. The van der Waals surface area contributed by atoms with Crippen molar-refractivity contribution in [2.24, 2.45) is 28.6 Å². The van der Waals surface area contributed by atoms with E-state index in [4.69, 9.17) is 14.2 Å². The van der Waals surface area contributed by atoms with E-state index in [1.165, 1.54) is 12.2 Å². The highest BCUT2D eigenvalue weighted by Crippen LogP contribution is 2.68. The van der Waals surface area contributed by atoms with Gasteiger partial charge in [-0.15, -0.1) is 0 Å². The van der Waals surface area contributed by atoms with Crippen molar-refractivity contribution >= 4 is 23.7 Å². The Morgan fingerprint density at radius 2 is 1.90 bits per heavy atom. The third kappa shape index (κ3) is 4.96. The van der Waals surface area contributed by atoms with Gasteiger partial charge in [-0.25, -0.2) is 9.18 Å². The molecule has 0 heterocycles. The number of allylic oxidation sites excluding steroid dienone is 4. The molecule has 8 atom stereocenters. The molecule has 0 aromatic carbocycles. The van der Waals surface area contributed by atoms with Gasteiger partial charge in [-0.1, -0.05) is 40.2 Å². The smallest absolute Gasteiger partial charge is 0.457 e. The third-order valence-electron chi connectivity index (χ3n) is 9.83. The van der Waals surface area contributed by atoms with Gasteiger partial charge in [0.25, 0.3) is 0 Å². The molecule has 8 nitrogen and oxygen atoms in total. The Labute approximate surface area is 229 Å². The predicted molar refractivity (Wildman–Crippen MR) is 139 cm³/mol. The summed E-state index contributed by atoms with van der Waals surface area (Å²) < 4.78 is 32.0. The van der Waals surface area contributed by atoms with Gasteiger partial charge in [0.15, 0.2) is 18.0 Å². The van der Waals surface area contributed by atoms with Gasteiger partial charge >= 0.3 is 12.1 Å². The van der Waals surface area contributed by atoms with Crippen LogP contribution in [0.25, 0.3) is 0 Å². The zero-order valence-electron chi connectivity index (χ0n) is 23.4. The number of hydrogen-bond acceptors (Lipinski definition) is 8. The number of halogens is 1. The number of carbonyl (C=O) groups excluding carboxylic acids is 4. The first-order valence-corrected chi connectivity index (χ1v) is 14.3. The number of fused-ring (bicyclic) bond motifs is 5. The molecule has 0 radical (unpaired) electrons. The Balaban J connectivity index is 1.68. The second-order valence-electron chi connectivity index (χ2n) is 12.1. The molecule has 1 N–H and O–H groups in total. The Hall–Kier alpha value is -2.55. The van der Waals surface area contributed by atoms with Gasteiger partial charge < -0.3 is 19.3 Å². The first-order valence-electron chi connectivity index (χ1n) is 14.3. The largest absolute Gasteiger partial charge is 0.509 e. The van der Waals surface area contributed by atoms with Gasteiger partial charge in [-0.2, -0.15) is 0 Å². The molecular formula is C30H41FO8. The SMILES string of the molecule is CCCCC(=O)OCC(=O)[C@@]1(OC(=O)OCCC)CC[C@H]2[C@@H]3C[C@H](F)C4=CC(=O)C=C[C@]4(C)[C@H]3C(O)C[C@@]21C. The van der Waals surface area contributed by atoms with E-state index in [2.05, 4.69) is 0 Å². The van der Waals surface area contributed by atoms with Crippen molar-refractivity contribution in [2.45, 2.75) is 96.9 Å². The molecule has 3 saturated carbocycles. The number of esters is 1. The van der Waals surface area contributed by atoms with Crippen molar-refractivity contribution in [1.29, 1.82) is 0 Å². The lowest BCUT2D eigenvalue weighted by molar-refractivity contribution is -0.187. The molecule has 3 fully saturated rings. The minimum absolute atomic E-state index is 0.0983. The van der Waals surface area contributed by atoms with Gasteiger partial charge in [-0.3, -0.25) is 14.4 Å². The Morgan fingerprint density at radius 3 is 2.59 bits per heavy atom. The number of ether oxygens (including phenoxy) is 3. The van der Waals surface area contributed by atoms with Crippen LogP contribution in [0.4, 0.5) is 9.18 Å². The molecule has 0 aromatic rings. The second-order valence-corrected chi connectivity index (χ2v) is 12.1. The maximum Gasteiger partial charge on any atom is 0.509 e. The van der Waals surface area contributed by atoms with E-state index < -0.39 is 53.2 Å². The van der Waals surface area contributed by atoms with Gasteiger partial charge in [-0.05, 0) is 68.1 Å². The molecular weight excluding hydrogens is 507 g/mol. The number of unbranched alkanes of at least 4 members (excludes halogenated alkanes) is 1. The molecule has 4 rings (SSSR count). The van der Waals surface area contributed by atoms with Crippen LogP contribution in [0.15, 0.2) is 23.8 Å². The number of rotatable bonds is 9. The van der Waals surface area contributed by atoms with Crippen molar-refractivity contribution in [3.8, 4) is 0 Å². The standard InChI is InChI=1S/C30H41FO8/c1-5-7-8-25(35)38-17-24(34)30(39-27(36)37-13-6-2)12-10-20-19-15-22(31)21-14-18(32)9-11-28(21,3)26(19)23(33)16-29(20,30)4/h9,11,14,19-20,22-23,26,33H,5-8,10,12-13,15-17H2,1-4H3/t19-,20-,22-,23?,26+,28-,29-,30-/m0/s1. The van der Waals surface area contributed by atoms with E-state index in [9.17, 15) is 24.3 Å². The monoisotopic (exact) mass is 548 g/mol. The topological polar surface area (TPSA) is 116 Å². The minimum atomic E-state index is -1.69. The Bertz CT molecular complexity index is 1070. The summed E-state index contributed by atoms with van der Waals surface area (Å²) in [6.45, 7) is 7.01. The molecule has 4 aliphatic carbocycles. The summed E-state index contributed by atoms with van der Waals surface area (Å²) in [6.07, 6.45) is 4.19. The summed E-state index contributed by atoms with van der Waals surface area (Å²) in [5.41, 5.74) is -3.20. The normalized spacial score (nSPS) is 38.7. The predicted octanol–water partition coefficient (Wildman–Crippen LogP) is 4.82. The van der Waals surface area contributed by atoms with E-state index in [1.807, 2.05) is 27.7 Å². The van der Waals surface area contributed by atoms with Crippen LogP contribution < -0.4 is 0 Å². The average molecular weight is 549 g/mol. The van der Waals surface area contributed by atoms with Crippen LogP contribution in [0.1, 0.15) is 79.1 Å². The number of hydrogen-bond donors (Lipinski definition) is 1.